The molecule has 1 heterocycles. The van der Waals surface area contributed by atoms with E-state index >= 15 is 0 Å². The van der Waals surface area contributed by atoms with Crippen molar-refractivity contribution >= 4 is 6.29 Å². The van der Waals surface area contributed by atoms with Crippen molar-refractivity contribution in [3.63, 3.8) is 0 Å². The van der Waals surface area contributed by atoms with E-state index in [4.69, 9.17) is 16.1 Å². The van der Waals surface area contributed by atoms with Crippen molar-refractivity contribution in [3.05, 3.63) is 106 Å². The van der Waals surface area contributed by atoms with E-state index in [1.54, 1.807) is 0 Å². The minimum absolute atomic E-state index is 0.0580. The van der Waals surface area contributed by atoms with E-state index in [0.29, 0.717) is 69.3 Å². The fraction of sp³-hybridized carbons (Fsp3) is 0.683. The molecule has 1 aromatic carbocycles. The number of fused-ring (bicyclic) bond motifs is 6. The van der Waals surface area contributed by atoms with Gasteiger partial charge in [0.25, 0.3) is 0 Å². The molecule has 0 radical (unpaired) electrons. The molecule has 6 aliphatic rings. The van der Waals surface area contributed by atoms with Crippen molar-refractivity contribution in [2.75, 3.05) is 66.8 Å². The van der Waals surface area contributed by atoms with E-state index in [-0.39, 0.29) is 61.1 Å². The molecular weight excluding hydrogens is 907 g/mol. The number of aliphatic hydroxyl groups is 6. The zero-order valence-electron chi connectivity index (χ0n) is 44.1. The topological polar surface area (TPSA) is 193 Å². The monoisotopic (exact) mass is 998 g/mol. The Hall–Kier alpha value is -3.11. The molecule has 0 amide bonds. The first kappa shape index (κ1) is 56.6. The van der Waals surface area contributed by atoms with Crippen LogP contribution in [0.4, 0.5) is 0 Å². The van der Waals surface area contributed by atoms with Crippen LogP contribution in [0.5, 0.6) is 0 Å². The maximum absolute atomic E-state index is 13.1. The molecule has 1 aliphatic heterocycles. The highest BCUT2D eigenvalue weighted by atomic mass is 16.5. The quantitative estimate of drug-likeness (QED) is 0.0275. The lowest BCUT2D eigenvalue weighted by molar-refractivity contribution is -0.194. The summed E-state index contributed by atoms with van der Waals surface area (Å²) in [5.41, 5.74) is 5.06. The average Bonchev–Trinajstić information content (AvgIpc) is 3.73. The van der Waals surface area contributed by atoms with Crippen LogP contribution in [-0.4, -0.2) is 139 Å². The second-order valence-corrected chi connectivity index (χ2v) is 22.9. The predicted octanol–water partition coefficient (Wildman–Crippen LogP) is 6.25. The van der Waals surface area contributed by atoms with Crippen LogP contribution in [0.3, 0.4) is 0 Å². The minimum Gasteiger partial charge on any atom is -0.396 e. The normalized spacial score (nSPS) is 35.6. The Bertz CT molecular complexity index is 2120. The molecule has 3 fully saturated rings. The van der Waals surface area contributed by atoms with Crippen LogP contribution >= 0.6 is 0 Å². The zero-order chi connectivity index (χ0) is 51.5. The summed E-state index contributed by atoms with van der Waals surface area (Å²) < 4.78 is 11.9. The number of hydrogen-bond donors (Lipinski definition) is 9. The Morgan fingerprint density at radius 3 is 2.64 bits per heavy atom. The molecular formula is C60H91N3O9. The van der Waals surface area contributed by atoms with Crippen LogP contribution < -0.4 is 16.0 Å². The van der Waals surface area contributed by atoms with Crippen LogP contribution in [0.25, 0.3) is 0 Å². The van der Waals surface area contributed by atoms with Crippen molar-refractivity contribution in [2.24, 2.45) is 46.8 Å². The maximum Gasteiger partial charge on any atom is 0.145 e. The molecule has 0 aromatic heterocycles. The summed E-state index contributed by atoms with van der Waals surface area (Å²) in [4.78, 5) is 12.6. The molecule has 72 heavy (non-hydrogen) atoms. The molecule has 12 heteroatoms. The van der Waals surface area contributed by atoms with Crippen LogP contribution in [0.2, 0.25) is 0 Å². The van der Waals surface area contributed by atoms with Gasteiger partial charge in [-0.15, -0.1) is 0 Å². The van der Waals surface area contributed by atoms with E-state index in [1.807, 2.05) is 40.2 Å². The molecule has 9 N–H and O–H groups in total. The highest BCUT2D eigenvalue weighted by Gasteiger charge is 2.68. The number of benzene rings is 1. The van der Waals surface area contributed by atoms with Gasteiger partial charge < -0.3 is 56.1 Å². The third-order valence-corrected chi connectivity index (χ3v) is 18.3. The van der Waals surface area contributed by atoms with Gasteiger partial charge in [0.2, 0.25) is 0 Å². The van der Waals surface area contributed by atoms with Gasteiger partial charge in [-0.3, -0.25) is 4.79 Å². The largest absolute Gasteiger partial charge is 0.396 e. The van der Waals surface area contributed by atoms with Gasteiger partial charge >= 0.3 is 0 Å². The van der Waals surface area contributed by atoms with Crippen molar-refractivity contribution in [2.45, 2.75) is 146 Å². The Kier molecular flexibility index (Phi) is 20.5. The van der Waals surface area contributed by atoms with Crippen LogP contribution in [0, 0.1) is 46.8 Å². The number of rotatable bonds is 22. The van der Waals surface area contributed by atoms with E-state index in [2.05, 4.69) is 64.5 Å². The number of aldehydes is 1. The van der Waals surface area contributed by atoms with Gasteiger partial charge in [-0.05, 0) is 169 Å². The SMILES string of the molecule is C=C(/C=C/C=C(/COC[C@H](O)CO)[C@@H]1CC[C@]2([C@@H]1O)[C@@H]1C(=C(C)C=O)[C@@H](C=C[C@H]1CCO)C[C@]2(O)CCNC)[C@@H]1Cc2cccc(c2)C[C@@](CCOC)([C@H]2CCC[C@H](NC[C@H](C)O)C2)NCC2=C[C@@H]1CCC2. The van der Waals surface area contributed by atoms with E-state index in [0.717, 1.165) is 93.8 Å². The molecule has 14 atom stereocenters. The molecule has 7 rings (SSSR count). The summed E-state index contributed by atoms with van der Waals surface area (Å²) in [7, 11) is 3.67. The Balaban J connectivity index is 1.20. The molecule has 0 saturated heterocycles. The number of carbonyl (C=O) groups is 1. The van der Waals surface area contributed by atoms with Crippen molar-refractivity contribution in [1.29, 1.82) is 0 Å². The maximum atomic E-state index is 13.1. The number of carbonyl (C=O) groups excluding carboxylic acids is 1. The molecule has 1 aromatic rings. The van der Waals surface area contributed by atoms with Crippen molar-refractivity contribution in [3.8, 4) is 0 Å². The molecule has 6 bridgehead atoms. The van der Waals surface area contributed by atoms with Crippen molar-refractivity contribution < 1.29 is 44.9 Å². The summed E-state index contributed by atoms with van der Waals surface area (Å²) >= 11 is 0. The Morgan fingerprint density at radius 1 is 1.07 bits per heavy atom. The summed E-state index contributed by atoms with van der Waals surface area (Å²) in [5, 5.41) is 77.7. The minimum atomic E-state index is -1.28. The van der Waals surface area contributed by atoms with E-state index < -0.39 is 35.7 Å². The molecule has 12 nitrogen and oxygen atoms in total. The third kappa shape index (κ3) is 12.8. The smallest absolute Gasteiger partial charge is 0.145 e. The first-order chi connectivity index (χ1) is 34.7. The second kappa shape index (κ2) is 26.1. The molecule has 3 saturated carbocycles. The highest BCUT2D eigenvalue weighted by molar-refractivity contribution is 5.74. The Labute approximate surface area is 431 Å². The average molecular weight is 998 g/mol. The van der Waals surface area contributed by atoms with Crippen molar-refractivity contribution in [1.82, 2.24) is 16.0 Å². The first-order valence-electron chi connectivity index (χ1n) is 27.6. The van der Waals surface area contributed by atoms with Gasteiger partial charge in [0, 0.05) is 62.2 Å². The Morgan fingerprint density at radius 2 is 1.89 bits per heavy atom. The standard InChI is InChI=1S/C60H91N3O9/c1-40(54-30-43-11-7-12-44(28-43)32-58(24-27-71-5,63-35-45-13-8-14-47(54)29-45)50-16-9-17-51(31-50)62-34-42(3)67)10-6-15-49(38-72-39-52(68)37-66)53-20-22-60(57(53)69)56-46(21-26-64)18-19-48(55(56)41(2)36-65)33-59(60,70)23-25-61-4/h6-7,10-12,15,18-19,28-29,36,42,46-48,50-54,56-57,61-64,66-70H,1,8-9,13-14,16-17,20-27,30-35,37-39H2,2-5H3/b10-6+,49-15-,55-41?/t42-,46-,47-,48-,50-,51-,52+,53-,54-,56-,57+,58-,59+,60+/m0/s1. The molecule has 1 spiro atoms. The fourth-order valence-electron chi connectivity index (χ4n) is 14.7. The van der Waals surface area contributed by atoms with E-state index in [1.165, 1.54) is 16.7 Å². The summed E-state index contributed by atoms with van der Waals surface area (Å²) in [5.74, 6) is -0.228. The fourth-order valence-corrected chi connectivity index (χ4v) is 14.7. The first-order valence-corrected chi connectivity index (χ1v) is 27.6. The molecule has 0 unspecified atom stereocenters. The van der Waals surface area contributed by atoms with Gasteiger partial charge in [0.15, 0.2) is 0 Å². The number of ether oxygens (including phenoxy) is 2. The number of methoxy groups -OCH3 is 1. The zero-order valence-corrected chi connectivity index (χ0v) is 44.1. The lowest BCUT2D eigenvalue weighted by Gasteiger charge is -2.61. The second-order valence-electron chi connectivity index (χ2n) is 22.9. The van der Waals surface area contributed by atoms with Crippen LogP contribution in [0.15, 0.2) is 95.2 Å². The van der Waals surface area contributed by atoms with Gasteiger partial charge in [-0.25, -0.2) is 0 Å². The summed E-state index contributed by atoms with van der Waals surface area (Å²) in [6.07, 6.45) is 24.1. The predicted molar refractivity (Wildman–Crippen MR) is 285 cm³/mol. The van der Waals surface area contributed by atoms with Gasteiger partial charge in [0.05, 0.1) is 37.6 Å². The third-order valence-electron chi connectivity index (χ3n) is 18.3. The number of hydrogen-bond acceptors (Lipinski definition) is 12. The number of nitrogens with one attached hydrogen (secondary N) is 3. The lowest BCUT2D eigenvalue weighted by atomic mass is 9.45. The summed E-state index contributed by atoms with van der Waals surface area (Å²) in [6.45, 7) is 10.7. The van der Waals surface area contributed by atoms with Gasteiger partial charge in [-0.2, -0.15) is 0 Å². The highest BCUT2D eigenvalue weighted by Crippen LogP contribution is 2.67. The van der Waals surface area contributed by atoms with Gasteiger partial charge in [-0.1, -0.05) is 90.4 Å². The molecule has 5 aliphatic carbocycles. The number of aliphatic hydroxyl groups excluding tert-OH is 5. The lowest BCUT2D eigenvalue weighted by Crippen LogP contribution is -2.65. The van der Waals surface area contributed by atoms with E-state index in [9.17, 15) is 35.4 Å². The molecule has 400 valence electrons. The summed E-state index contributed by atoms with van der Waals surface area (Å²) in [6, 6.07) is 9.55. The van der Waals surface area contributed by atoms with Gasteiger partial charge in [0.1, 0.15) is 12.4 Å². The van der Waals surface area contributed by atoms with Crippen LogP contribution in [0.1, 0.15) is 108 Å². The van der Waals surface area contributed by atoms with Crippen LogP contribution in [-0.2, 0) is 27.1 Å². The number of allylic oxidation sites excluding steroid dienone is 9.